The van der Waals surface area contributed by atoms with Crippen molar-refractivity contribution in [2.24, 2.45) is 0 Å². The molecule has 7 heteroatoms. The Morgan fingerprint density at radius 1 is 1.09 bits per heavy atom. The Labute approximate surface area is 187 Å². The molecule has 168 valence electrons. The van der Waals surface area contributed by atoms with Crippen LogP contribution in [0.3, 0.4) is 0 Å². The van der Waals surface area contributed by atoms with Gasteiger partial charge >= 0.3 is 0 Å². The van der Waals surface area contributed by atoms with Crippen molar-refractivity contribution < 1.29 is 18.7 Å². The molecule has 0 bridgehead atoms. The minimum Gasteiger partial charge on any atom is -0.493 e. The van der Waals surface area contributed by atoms with Gasteiger partial charge in [0.05, 0.1) is 30.7 Å². The molecule has 0 fully saturated rings. The average molecular weight is 437 g/mol. The maximum Gasteiger partial charge on any atom is 0.290 e. The first-order chi connectivity index (χ1) is 15.5. The lowest BCUT2D eigenvalue weighted by molar-refractivity contribution is 0.0722. The summed E-state index contributed by atoms with van der Waals surface area (Å²) in [6.07, 6.45) is 0.769. The maximum absolute atomic E-state index is 13.5. The molecule has 0 spiro atoms. The van der Waals surface area contributed by atoms with Gasteiger partial charge < -0.3 is 23.7 Å². The molecule has 2 aromatic carbocycles. The van der Waals surface area contributed by atoms with Crippen molar-refractivity contribution >= 4 is 16.9 Å². The molecule has 0 radical (unpaired) electrons. The molecule has 32 heavy (non-hydrogen) atoms. The Morgan fingerprint density at radius 2 is 1.88 bits per heavy atom. The molecule has 1 aliphatic heterocycles. The van der Waals surface area contributed by atoms with Crippen LogP contribution in [0, 0.1) is 0 Å². The second-order valence-electron chi connectivity index (χ2n) is 8.07. The lowest BCUT2D eigenvalue weighted by atomic mass is 9.98. The van der Waals surface area contributed by atoms with E-state index in [4.69, 9.17) is 13.9 Å². The average Bonchev–Trinajstić information content (AvgIpc) is 3.06. The minimum absolute atomic E-state index is 0.122. The molecule has 0 saturated heterocycles. The number of carbonyl (C=O) groups is 1. The van der Waals surface area contributed by atoms with Gasteiger partial charge in [0.15, 0.2) is 16.9 Å². The lowest BCUT2D eigenvalue weighted by Crippen LogP contribution is -2.32. The Kier molecular flexibility index (Phi) is 6.19. The largest absolute Gasteiger partial charge is 0.493 e. The zero-order valence-electron chi connectivity index (χ0n) is 18.9. The van der Waals surface area contributed by atoms with Gasteiger partial charge in [0, 0.05) is 6.54 Å². The van der Waals surface area contributed by atoms with Gasteiger partial charge in [-0.05, 0) is 63.8 Å². The number of methoxy groups -OCH3 is 1. The molecule has 3 aromatic rings. The lowest BCUT2D eigenvalue weighted by Gasteiger charge is -2.26. The van der Waals surface area contributed by atoms with Crippen LogP contribution in [0.2, 0.25) is 0 Å². The standard InChI is InChI=1S/C25H28N2O5/c1-5-31-19-12-11-16(15-20(19)30-4)22-21-23(28)17-9-6-7-10-18(17)32-24(21)25(29)27(22)14-8-13-26(2)3/h6-7,9-12,15,22H,5,8,13-14H2,1-4H3. The fourth-order valence-corrected chi connectivity index (χ4v) is 4.23. The quantitative estimate of drug-likeness (QED) is 0.536. The number of rotatable bonds is 8. The monoisotopic (exact) mass is 436 g/mol. The topological polar surface area (TPSA) is 72.2 Å². The van der Waals surface area contributed by atoms with Gasteiger partial charge in [-0.1, -0.05) is 18.2 Å². The summed E-state index contributed by atoms with van der Waals surface area (Å²) in [5.74, 6) is 1.03. The second kappa shape index (κ2) is 9.04. The highest BCUT2D eigenvalue weighted by Gasteiger charge is 2.42. The van der Waals surface area contributed by atoms with E-state index in [0.717, 1.165) is 18.5 Å². The summed E-state index contributed by atoms with van der Waals surface area (Å²) in [5.41, 5.74) is 1.40. The molecular formula is C25H28N2O5. The number of benzene rings is 2. The molecule has 1 aromatic heterocycles. The van der Waals surface area contributed by atoms with Gasteiger partial charge in [-0.3, -0.25) is 9.59 Å². The van der Waals surface area contributed by atoms with Crippen LogP contribution in [0.1, 0.15) is 41.1 Å². The van der Waals surface area contributed by atoms with Gasteiger partial charge in [0.1, 0.15) is 5.58 Å². The van der Waals surface area contributed by atoms with Crippen molar-refractivity contribution in [1.29, 1.82) is 0 Å². The summed E-state index contributed by atoms with van der Waals surface area (Å²) in [6.45, 7) is 3.73. The second-order valence-corrected chi connectivity index (χ2v) is 8.07. The Balaban J connectivity index is 1.86. The van der Waals surface area contributed by atoms with E-state index in [1.54, 1.807) is 36.3 Å². The molecular weight excluding hydrogens is 408 g/mol. The van der Waals surface area contributed by atoms with Gasteiger partial charge in [-0.15, -0.1) is 0 Å². The van der Waals surface area contributed by atoms with E-state index in [2.05, 4.69) is 4.90 Å². The molecule has 1 aliphatic rings. The third kappa shape index (κ3) is 3.84. The van der Waals surface area contributed by atoms with Crippen molar-refractivity contribution in [1.82, 2.24) is 9.80 Å². The predicted octanol–water partition coefficient (Wildman–Crippen LogP) is 3.70. The first-order valence-corrected chi connectivity index (χ1v) is 10.8. The van der Waals surface area contributed by atoms with Crippen LogP contribution in [0.5, 0.6) is 11.5 Å². The number of hydrogen-bond donors (Lipinski definition) is 0. The van der Waals surface area contributed by atoms with Crippen LogP contribution >= 0.6 is 0 Å². The van der Waals surface area contributed by atoms with Crippen LogP contribution in [-0.2, 0) is 0 Å². The Morgan fingerprint density at radius 3 is 2.59 bits per heavy atom. The minimum atomic E-state index is -0.551. The zero-order chi connectivity index (χ0) is 22.8. The van der Waals surface area contributed by atoms with Crippen molar-refractivity contribution in [3.63, 3.8) is 0 Å². The molecule has 0 aliphatic carbocycles. The summed E-state index contributed by atoms with van der Waals surface area (Å²) in [6, 6.07) is 12.0. The number of hydrogen-bond acceptors (Lipinski definition) is 6. The van der Waals surface area contributed by atoms with Gasteiger partial charge in [-0.2, -0.15) is 0 Å². The highest BCUT2D eigenvalue weighted by molar-refractivity contribution is 5.99. The molecule has 1 atom stereocenters. The van der Waals surface area contributed by atoms with E-state index >= 15 is 0 Å². The molecule has 1 unspecified atom stereocenters. The summed E-state index contributed by atoms with van der Waals surface area (Å²) >= 11 is 0. The normalized spacial score (nSPS) is 15.5. The number of nitrogens with zero attached hydrogens (tertiary/aromatic N) is 2. The van der Waals surface area contributed by atoms with Gasteiger partial charge in [0.25, 0.3) is 5.91 Å². The number of carbonyl (C=O) groups excluding carboxylic acids is 1. The smallest absolute Gasteiger partial charge is 0.290 e. The van der Waals surface area contributed by atoms with Crippen LogP contribution in [0.4, 0.5) is 0 Å². The van der Waals surface area contributed by atoms with Crippen molar-refractivity contribution in [3.05, 3.63) is 69.6 Å². The highest BCUT2D eigenvalue weighted by Crippen LogP contribution is 2.41. The molecule has 2 heterocycles. The van der Waals surface area contributed by atoms with Crippen LogP contribution in [0.25, 0.3) is 11.0 Å². The molecule has 1 amide bonds. The third-order valence-electron chi connectivity index (χ3n) is 5.68. The van der Waals surface area contributed by atoms with E-state index in [9.17, 15) is 9.59 Å². The van der Waals surface area contributed by atoms with Gasteiger partial charge in [0.2, 0.25) is 5.76 Å². The molecule has 0 N–H and O–H groups in total. The van der Waals surface area contributed by atoms with E-state index in [1.807, 2.05) is 39.2 Å². The molecule has 4 rings (SSSR count). The van der Waals surface area contributed by atoms with Crippen molar-refractivity contribution in [3.8, 4) is 11.5 Å². The number of fused-ring (bicyclic) bond motifs is 2. The van der Waals surface area contributed by atoms with E-state index < -0.39 is 6.04 Å². The predicted molar refractivity (Wildman–Crippen MR) is 123 cm³/mol. The Bertz CT molecular complexity index is 1200. The van der Waals surface area contributed by atoms with E-state index in [0.29, 0.717) is 41.2 Å². The fourth-order valence-electron chi connectivity index (χ4n) is 4.23. The fraction of sp³-hybridized carbons (Fsp3) is 0.360. The Hall–Kier alpha value is -3.32. The summed E-state index contributed by atoms with van der Waals surface area (Å²) in [7, 11) is 5.56. The van der Waals surface area contributed by atoms with E-state index in [1.165, 1.54) is 0 Å². The summed E-state index contributed by atoms with van der Waals surface area (Å²) in [4.78, 5) is 30.7. The number of amides is 1. The SMILES string of the molecule is CCOc1ccc(C2c3c(oc4ccccc4c3=O)C(=O)N2CCCN(C)C)cc1OC. The van der Waals surface area contributed by atoms with Crippen LogP contribution in [0.15, 0.2) is 51.7 Å². The van der Waals surface area contributed by atoms with Crippen LogP contribution < -0.4 is 14.9 Å². The highest BCUT2D eigenvalue weighted by atomic mass is 16.5. The van der Waals surface area contributed by atoms with E-state index in [-0.39, 0.29) is 17.1 Å². The maximum atomic E-state index is 13.5. The molecule has 0 saturated carbocycles. The zero-order valence-corrected chi connectivity index (χ0v) is 18.9. The summed E-state index contributed by atoms with van der Waals surface area (Å²) in [5, 5.41) is 0.470. The third-order valence-corrected chi connectivity index (χ3v) is 5.68. The number of para-hydroxylation sites is 1. The first-order valence-electron chi connectivity index (χ1n) is 10.8. The van der Waals surface area contributed by atoms with Crippen LogP contribution in [-0.4, -0.2) is 56.6 Å². The molecule has 7 nitrogen and oxygen atoms in total. The van der Waals surface area contributed by atoms with Crippen molar-refractivity contribution in [2.45, 2.75) is 19.4 Å². The summed E-state index contributed by atoms with van der Waals surface area (Å²) < 4.78 is 17.1. The first kappa shape index (κ1) is 21.9. The van der Waals surface area contributed by atoms with Crippen molar-refractivity contribution in [2.75, 3.05) is 40.9 Å². The number of ether oxygens (including phenoxy) is 2. The van der Waals surface area contributed by atoms with Gasteiger partial charge in [-0.25, -0.2) is 0 Å².